The first-order valence-corrected chi connectivity index (χ1v) is 10.4. The van der Waals surface area contributed by atoms with Crippen LogP contribution in [0.25, 0.3) is 0 Å². The Labute approximate surface area is 168 Å². The van der Waals surface area contributed by atoms with Crippen LogP contribution in [0, 0.1) is 0 Å². The van der Waals surface area contributed by atoms with Crippen LogP contribution in [0.3, 0.4) is 0 Å². The van der Waals surface area contributed by atoms with E-state index in [4.69, 9.17) is 16.6 Å². The largest absolute Gasteiger partial charge is 0.368 e. The summed E-state index contributed by atoms with van der Waals surface area (Å²) in [5, 5.41) is 8.01. The van der Waals surface area contributed by atoms with Crippen molar-refractivity contribution >= 4 is 44.7 Å². The fourth-order valence-corrected chi connectivity index (χ4v) is 4.29. The van der Waals surface area contributed by atoms with Gasteiger partial charge in [0.1, 0.15) is 11.4 Å². The highest BCUT2D eigenvalue weighted by molar-refractivity contribution is 9.10. The zero-order valence-electron chi connectivity index (χ0n) is 14.9. The van der Waals surface area contributed by atoms with Crippen LogP contribution in [0.1, 0.15) is 44.6 Å². The zero-order valence-corrected chi connectivity index (χ0v) is 17.2. The van der Waals surface area contributed by atoms with Crippen LogP contribution in [-0.2, 0) is 5.54 Å². The summed E-state index contributed by atoms with van der Waals surface area (Å²) >= 11 is 9.76. The van der Waals surface area contributed by atoms with E-state index in [9.17, 15) is 0 Å². The number of hydrogen-bond donors (Lipinski definition) is 2. The van der Waals surface area contributed by atoms with E-state index in [1.54, 1.807) is 0 Å². The molecule has 1 saturated carbocycles. The van der Waals surface area contributed by atoms with Crippen molar-refractivity contribution < 1.29 is 0 Å². The van der Waals surface area contributed by atoms with Crippen LogP contribution in [0.2, 0.25) is 5.02 Å². The maximum Gasteiger partial charge on any atom is 0.131 e. The summed E-state index contributed by atoms with van der Waals surface area (Å²) in [6.07, 6.45) is 6.23. The fraction of sp³-hybridized carbons (Fsp3) is 0.381. The number of amidine groups is 1. The van der Waals surface area contributed by atoms with E-state index < -0.39 is 5.54 Å². The molecule has 1 aliphatic heterocycles. The van der Waals surface area contributed by atoms with Gasteiger partial charge in [-0.1, -0.05) is 58.9 Å². The number of anilines is 2. The molecule has 2 aliphatic rings. The SMILES string of the molecule is CC1(c2ccc(Br)cc2)Nc2cc(Cl)ccc2NC1=NC1CCCCC1. The molecule has 0 spiro atoms. The van der Waals surface area contributed by atoms with E-state index >= 15 is 0 Å². The summed E-state index contributed by atoms with van der Waals surface area (Å²) < 4.78 is 1.07. The van der Waals surface area contributed by atoms with Crippen LogP contribution in [0.5, 0.6) is 0 Å². The quantitative estimate of drug-likeness (QED) is 0.562. The van der Waals surface area contributed by atoms with Crippen molar-refractivity contribution in [2.24, 2.45) is 4.99 Å². The van der Waals surface area contributed by atoms with Gasteiger partial charge in [-0.25, -0.2) is 0 Å². The molecule has 5 heteroatoms. The Morgan fingerprint density at radius 3 is 2.50 bits per heavy atom. The van der Waals surface area contributed by atoms with Gasteiger partial charge >= 0.3 is 0 Å². The molecule has 1 atom stereocenters. The standard InChI is InChI=1S/C21H23BrClN3/c1-21(14-7-9-15(22)10-8-14)20(24-17-5-3-2-4-6-17)25-18-12-11-16(23)13-19(18)26-21/h7-13,17,26H,2-6H2,1H3,(H,24,25). The second-order valence-electron chi connectivity index (χ2n) is 7.34. The summed E-state index contributed by atoms with van der Waals surface area (Å²) in [7, 11) is 0. The smallest absolute Gasteiger partial charge is 0.131 e. The van der Waals surface area contributed by atoms with E-state index in [1.165, 1.54) is 37.7 Å². The lowest BCUT2D eigenvalue weighted by Gasteiger charge is -2.40. The number of fused-ring (bicyclic) bond motifs is 1. The van der Waals surface area contributed by atoms with Gasteiger partial charge < -0.3 is 10.6 Å². The third-order valence-corrected chi connectivity index (χ3v) is 6.16. The minimum absolute atomic E-state index is 0.400. The molecule has 2 aromatic rings. The minimum atomic E-state index is -0.421. The Hall–Kier alpha value is -1.52. The fourth-order valence-electron chi connectivity index (χ4n) is 3.86. The summed E-state index contributed by atoms with van der Waals surface area (Å²) in [6.45, 7) is 2.19. The Kier molecular flexibility index (Phi) is 4.98. The average molecular weight is 433 g/mol. The van der Waals surface area contributed by atoms with E-state index in [0.29, 0.717) is 6.04 Å². The predicted molar refractivity (Wildman–Crippen MR) is 114 cm³/mol. The lowest BCUT2D eigenvalue weighted by atomic mass is 9.87. The number of nitrogens with zero attached hydrogens (tertiary/aromatic N) is 1. The maximum atomic E-state index is 6.22. The third-order valence-electron chi connectivity index (χ3n) is 5.40. The Morgan fingerprint density at radius 1 is 1.04 bits per heavy atom. The van der Waals surface area contributed by atoms with Crippen LogP contribution in [0.4, 0.5) is 11.4 Å². The topological polar surface area (TPSA) is 36.4 Å². The molecule has 1 aliphatic carbocycles. The number of nitrogens with one attached hydrogen (secondary N) is 2. The van der Waals surface area contributed by atoms with Gasteiger partial charge in [0.2, 0.25) is 0 Å². The van der Waals surface area contributed by atoms with Gasteiger partial charge in [-0.05, 0) is 55.7 Å². The van der Waals surface area contributed by atoms with Crippen LogP contribution >= 0.6 is 27.5 Å². The monoisotopic (exact) mass is 431 g/mol. The second-order valence-corrected chi connectivity index (χ2v) is 8.69. The molecule has 2 N–H and O–H groups in total. The molecular formula is C21H23BrClN3. The van der Waals surface area contributed by atoms with Gasteiger partial charge in [-0.3, -0.25) is 4.99 Å². The first kappa shape index (κ1) is 17.9. The molecule has 1 heterocycles. The van der Waals surface area contributed by atoms with Gasteiger partial charge in [0.05, 0.1) is 17.4 Å². The molecule has 0 radical (unpaired) electrons. The molecule has 0 saturated heterocycles. The summed E-state index contributed by atoms with van der Waals surface area (Å²) in [5.74, 6) is 0.988. The number of halogens is 2. The summed E-state index contributed by atoms with van der Waals surface area (Å²) in [5.41, 5.74) is 2.79. The van der Waals surface area contributed by atoms with E-state index in [0.717, 1.165) is 26.7 Å². The highest BCUT2D eigenvalue weighted by atomic mass is 79.9. The molecule has 136 valence electrons. The second kappa shape index (κ2) is 7.24. The lowest BCUT2D eigenvalue weighted by Crippen LogP contribution is -2.48. The molecular weight excluding hydrogens is 410 g/mol. The van der Waals surface area contributed by atoms with Crippen molar-refractivity contribution in [3.05, 3.63) is 57.5 Å². The average Bonchev–Trinajstić information content (AvgIpc) is 2.64. The molecule has 1 unspecified atom stereocenters. The summed E-state index contributed by atoms with van der Waals surface area (Å²) in [4.78, 5) is 5.17. The van der Waals surface area contributed by atoms with Gasteiger partial charge in [0, 0.05) is 9.50 Å². The van der Waals surface area contributed by atoms with Crippen molar-refractivity contribution in [1.29, 1.82) is 0 Å². The van der Waals surface area contributed by atoms with Crippen LogP contribution in [0.15, 0.2) is 51.9 Å². The van der Waals surface area contributed by atoms with Crippen LogP contribution in [-0.4, -0.2) is 11.9 Å². The summed E-state index contributed by atoms with van der Waals surface area (Å²) in [6, 6.07) is 14.7. The van der Waals surface area contributed by atoms with Crippen molar-refractivity contribution in [3.63, 3.8) is 0 Å². The van der Waals surface area contributed by atoms with E-state index in [1.807, 2.05) is 18.2 Å². The number of rotatable bonds is 2. The highest BCUT2D eigenvalue weighted by Gasteiger charge is 2.38. The third kappa shape index (κ3) is 3.49. The maximum absolute atomic E-state index is 6.22. The molecule has 0 bridgehead atoms. The number of aliphatic imine (C=N–C) groups is 1. The van der Waals surface area contributed by atoms with Crippen molar-refractivity contribution in [2.75, 3.05) is 10.6 Å². The van der Waals surface area contributed by atoms with E-state index in [2.05, 4.69) is 57.8 Å². The van der Waals surface area contributed by atoms with Crippen molar-refractivity contribution in [1.82, 2.24) is 0 Å². The van der Waals surface area contributed by atoms with Crippen molar-refractivity contribution in [2.45, 2.75) is 50.6 Å². The van der Waals surface area contributed by atoms with Gasteiger partial charge in [-0.2, -0.15) is 0 Å². The Balaban J connectivity index is 1.78. The first-order chi connectivity index (χ1) is 12.5. The zero-order chi connectivity index (χ0) is 18.1. The van der Waals surface area contributed by atoms with Gasteiger partial charge in [-0.15, -0.1) is 0 Å². The predicted octanol–water partition coefficient (Wildman–Crippen LogP) is 6.59. The molecule has 4 rings (SSSR count). The lowest BCUT2D eigenvalue weighted by molar-refractivity contribution is 0.441. The molecule has 0 aromatic heterocycles. The van der Waals surface area contributed by atoms with E-state index in [-0.39, 0.29) is 0 Å². The first-order valence-electron chi connectivity index (χ1n) is 9.24. The van der Waals surface area contributed by atoms with Gasteiger partial charge in [0.15, 0.2) is 0 Å². The molecule has 1 fully saturated rings. The normalized spacial score (nSPS) is 24.7. The molecule has 26 heavy (non-hydrogen) atoms. The number of benzene rings is 2. The van der Waals surface area contributed by atoms with Crippen LogP contribution < -0.4 is 10.6 Å². The Morgan fingerprint density at radius 2 is 1.77 bits per heavy atom. The molecule has 2 aromatic carbocycles. The van der Waals surface area contributed by atoms with Gasteiger partial charge in [0.25, 0.3) is 0 Å². The molecule has 0 amide bonds. The Bertz CT molecular complexity index is 828. The number of hydrogen-bond acceptors (Lipinski definition) is 2. The minimum Gasteiger partial charge on any atom is -0.368 e. The highest BCUT2D eigenvalue weighted by Crippen LogP contribution is 2.39. The molecule has 3 nitrogen and oxygen atoms in total. The van der Waals surface area contributed by atoms with Crippen molar-refractivity contribution in [3.8, 4) is 0 Å².